The highest BCUT2D eigenvalue weighted by Gasteiger charge is 2.35. The van der Waals surface area contributed by atoms with Crippen molar-refractivity contribution in [2.75, 3.05) is 12.4 Å². The molecule has 0 bridgehead atoms. The summed E-state index contributed by atoms with van der Waals surface area (Å²) in [6.45, 7) is 4.06. The highest BCUT2D eigenvalue weighted by atomic mass is 19.4. The molecule has 26 heavy (non-hydrogen) atoms. The van der Waals surface area contributed by atoms with Crippen LogP contribution < -0.4 is 10.1 Å². The zero-order valence-electron chi connectivity index (χ0n) is 14.8. The molecule has 0 aliphatic rings. The number of ether oxygens (including phenoxy) is 1. The predicted octanol–water partition coefficient (Wildman–Crippen LogP) is 5.69. The average molecular weight is 363 g/mol. The van der Waals surface area contributed by atoms with E-state index in [0.29, 0.717) is 5.84 Å². The molecule has 0 unspecified atom stereocenters. The number of aliphatic imine (C=N–C) groups is 1. The van der Waals surface area contributed by atoms with Gasteiger partial charge in [0.25, 0.3) is 0 Å². The number of halogens is 3. The van der Waals surface area contributed by atoms with E-state index in [0.717, 1.165) is 18.2 Å². The molecule has 4 nitrogen and oxygen atoms in total. The summed E-state index contributed by atoms with van der Waals surface area (Å²) in [6.07, 6.45) is -0.416. The molecule has 2 rings (SSSR count). The van der Waals surface area contributed by atoms with Crippen LogP contribution in [0.2, 0.25) is 0 Å². The zero-order valence-corrected chi connectivity index (χ0v) is 14.8. The molecule has 0 amide bonds. The Morgan fingerprint density at radius 2 is 1.92 bits per heavy atom. The Morgan fingerprint density at radius 3 is 2.50 bits per heavy atom. The van der Waals surface area contributed by atoms with Crippen LogP contribution >= 0.6 is 0 Å². The number of alkyl halides is 3. The van der Waals surface area contributed by atoms with Gasteiger partial charge in [-0.1, -0.05) is 12.5 Å². The fourth-order valence-electron chi connectivity index (χ4n) is 2.05. The topological polar surface area (TPSA) is 46.5 Å². The van der Waals surface area contributed by atoms with Gasteiger partial charge < -0.3 is 10.1 Å². The summed E-state index contributed by atoms with van der Waals surface area (Å²) in [5.41, 5.74) is 1.01. The lowest BCUT2D eigenvalue weighted by Crippen LogP contribution is -2.09. The van der Waals surface area contributed by atoms with Crippen LogP contribution in [0.3, 0.4) is 0 Å². The van der Waals surface area contributed by atoms with E-state index in [9.17, 15) is 13.2 Å². The van der Waals surface area contributed by atoms with Crippen LogP contribution in [0, 0.1) is 0 Å². The Morgan fingerprint density at radius 1 is 1.23 bits per heavy atom. The highest BCUT2D eigenvalue weighted by Crippen LogP contribution is 2.36. The number of nitrogens with one attached hydrogen (secondary N) is 1. The van der Waals surface area contributed by atoms with Crippen LogP contribution in [0.1, 0.15) is 25.8 Å². The molecule has 0 aliphatic heterocycles. The lowest BCUT2D eigenvalue weighted by molar-refractivity contribution is -0.138. The van der Waals surface area contributed by atoms with Gasteiger partial charge in [-0.3, -0.25) is 4.99 Å². The van der Waals surface area contributed by atoms with Crippen molar-refractivity contribution in [2.45, 2.75) is 26.4 Å². The quantitative estimate of drug-likeness (QED) is 0.548. The Labute approximate surface area is 150 Å². The van der Waals surface area contributed by atoms with E-state index in [4.69, 9.17) is 4.74 Å². The fraction of sp³-hybridized carbons (Fsp3) is 0.263. The van der Waals surface area contributed by atoms with Crippen molar-refractivity contribution >= 4 is 11.5 Å². The van der Waals surface area contributed by atoms with Crippen molar-refractivity contribution < 1.29 is 17.9 Å². The number of allylic oxidation sites excluding steroid dienone is 1. The minimum absolute atomic E-state index is 0.259. The van der Waals surface area contributed by atoms with E-state index in [-0.39, 0.29) is 5.75 Å². The summed E-state index contributed by atoms with van der Waals surface area (Å²) in [7, 11) is 1.68. The number of amidine groups is 1. The van der Waals surface area contributed by atoms with E-state index < -0.39 is 17.6 Å². The molecule has 7 heteroatoms. The number of nitrogens with zero attached hydrogens (tertiary/aromatic N) is 2. The van der Waals surface area contributed by atoms with Crippen LogP contribution in [0.25, 0.3) is 0 Å². The number of rotatable bonds is 5. The fourth-order valence-corrected chi connectivity index (χ4v) is 2.05. The van der Waals surface area contributed by atoms with Gasteiger partial charge in [0.2, 0.25) is 5.88 Å². The SMILES string of the molecule is CC/C(C)=C\C(=NC)Nc1ccc(Oc2ncccc2C(F)(F)F)cc1. The molecule has 0 spiro atoms. The van der Waals surface area contributed by atoms with Crippen molar-refractivity contribution in [1.29, 1.82) is 0 Å². The van der Waals surface area contributed by atoms with E-state index in [2.05, 4.69) is 22.2 Å². The summed E-state index contributed by atoms with van der Waals surface area (Å²) >= 11 is 0. The van der Waals surface area contributed by atoms with Gasteiger partial charge in [0, 0.05) is 18.9 Å². The molecule has 2 aromatic rings. The lowest BCUT2D eigenvalue weighted by Gasteiger charge is -2.13. The van der Waals surface area contributed by atoms with Gasteiger partial charge in [0.15, 0.2) is 0 Å². The summed E-state index contributed by atoms with van der Waals surface area (Å²) in [6, 6.07) is 8.70. The van der Waals surface area contributed by atoms with Crippen LogP contribution in [-0.2, 0) is 6.18 Å². The van der Waals surface area contributed by atoms with Gasteiger partial charge in [-0.2, -0.15) is 13.2 Å². The summed E-state index contributed by atoms with van der Waals surface area (Å²) in [4.78, 5) is 7.84. The van der Waals surface area contributed by atoms with Gasteiger partial charge in [0.05, 0.1) is 0 Å². The molecule has 0 saturated carbocycles. The molecule has 0 aliphatic carbocycles. The first-order valence-electron chi connectivity index (χ1n) is 8.04. The number of aromatic nitrogens is 1. The molecular formula is C19H20F3N3O. The molecule has 0 fully saturated rings. The Hall–Kier alpha value is -2.83. The van der Waals surface area contributed by atoms with E-state index in [1.165, 1.54) is 17.8 Å². The number of anilines is 1. The number of hydrogen-bond acceptors (Lipinski definition) is 3. The van der Waals surface area contributed by atoms with Gasteiger partial charge >= 0.3 is 6.18 Å². The van der Waals surface area contributed by atoms with Gasteiger partial charge in [0.1, 0.15) is 17.1 Å². The largest absolute Gasteiger partial charge is 0.438 e. The maximum atomic E-state index is 13.0. The van der Waals surface area contributed by atoms with Crippen molar-refractivity contribution in [2.24, 2.45) is 4.99 Å². The van der Waals surface area contributed by atoms with Gasteiger partial charge in [-0.25, -0.2) is 4.98 Å². The zero-order chi connectivity index (χ0) is 19.2. The average Bonchev–Trinajstić information content (AvgIpc) is 2.62. The molecule has 1 aromatic heterocycles. The molecule has 1 N–H and O–H groups in total. The van der Waals surface area contributed by atoms with Crippen molar-refractivity contribution in [1.82, 2.24) is 4.98 Å². The maximum absolute atomic E-state index is 13.0. The molecule has 138 valence electrons. The molecule has 0 atom stereocenters. The van der Waals surface area contributed by atoms with E-state index >= 15 is 0 Å². The Kier molecular flexibility index (Phi) is 6.38. The van der Waals surface area contributed by atoms with Crippen LogP contribution in [0.4, 0.5) is 18.9 Å². The normalized spacial score (nSPS) is 12.8. The van der Waals surface area contributed by atoms with Crippen LogP contribution in [-0.4, -0.2) is 17.9 Å². The summed E-state index contributed by atoms with van der Waals surface area (Å²) in [5, 5.41) is 3.14. The van der Waals surface area contributed by atoms with E-state index in [1.54, 1.807) is 31.3 Å². The lowest BCUT2D eigenvalue weighted by atomic mass is 10.2. The third-order valence-electron chi connectivity index (χ3n) is 3.60. The van der Waals surface area contributed by atoms with Gasteiger partial charge in [-0.15, -0.1) is 0 Å². The second-order valence-electron chi connectivity index (χ2n) is 5.56. The first kappa shape index (κ1) is 19.5. The molecule has 0 saturated heterocycles. The minimum atomic E-state index is -4.53. The molecule has 0 radical (unpaired) electrons. The molecular weight excluding hydrogens is 343 g/mol. The van der Waals surface area contributed by atoms with E-state index in [1.807, 2.05) is 13.0 Å². The van der Waals surface area contributed by atoms with Crippen molar-refractivity contribution in [3.8, 4) is 11.6 Å². The monoisotopic (exact) mass is 363 g/mol. The maximum Gasteiger partial charge on any atom is 0.421 e. The molecule has 1 aromatic carbocycles. The second-order valence-corrected chi connectivity index (χ2v) is 5.56. The van der Waals surface area contributed by atoms with Crippen LogP contribution in [0.15, 0.2) is 59.2 Å². The smallest absolute Gasteiger partial charge is 0.421 e. The number of benzene rings is 1. The molecule has 1 heterocycles. The van der Waals surface area contributed by atoms with Crippen molar-refractivity contribution in [3.05, 3.63) is 59.8 Å². The first-order chi connectivity index (χ1) is 12.3. The highest BCUT2D eigenvalue weighted by molar-refractivity contribution is 6.04. The Bertz CT molecular complexity index is 796. The summed E-state index contributed by atoms with van der Waals surface area (Å²) in [5.74, 6) is 0.482. The third-order valence-corrected chi connectivity index (χ3v) is 3.60. The predicted molar refractivity (Wildman–Crippen MR) is 96.8 cm³/mol. The van der Waals surface area contributed by atoms with Gasteiger partial charge in [-0.05, 0) is 55.8 Å². The minimum Gasteiger partial charge on any atom is -0.438 e. The first-order valence-corrected chi connectivity index (χ1v) is 8.04. The standard InChI is InChI=1S/C19H20F3N3O/c1-4-13(2)12-17(23-3)25-14-7-9-15(10-8-14)26-18-16(19(20,21)22)6-5-11-24-18/h5-12H,4H2,1-3H3,(H,23,25)/b13-12-. The van der Waals surface area contributed by atoms with Crippen LogP contribution in [0.5, 0.6) is 11.6 Å². The number of pyridine rings is 1. The summed E-state index contributed by atoms with van der Waals surface area (Å²) < 4.78 is 44.3. The number of hydrogen-bond donors (Lipinski definition) is 1. The van der Waals surface area contributed by atoms with Crippen molar-refractivity contribution in [3.63, 3.8) is 0 Å². The second kappa shape index (κ2) is 8.51. The third kappa shape index (κ3) is 5.34. The Balaban J connectivity index is 2.14.